The van der Waals surface area contributed by atoms with Crippen molar-refractivity contribution in [1.29, 1.82) is 0 Å². The number of aliphatic carboxylic acids is 1. The van der Waals surface area contributed by atoms with Crippen molar-refractivity contribution in [3.8, 4) is 0 Å². The van der Waals surface area contributed by atoms with Gasteiger partial charge >= 0.3 is 5.97 Å². The van der Waals surface area contributed by atoms with Crippen LogP contribution < -0.4 is 5.32 Å². The average molecular weight is 269 g/mol. The minimum atomic E-state index is -0.770. The molecule has 0 aromatic heterocycles. The molecule has 2 fully saturated rings. The van der Waals surface area contributed by atoms with E-state index in [0.29, 0.717) is 19.4 Å². The number of rotatable bonds is 4. The number of hydrogen-bond donors (Lipinski definition) is 2. The SMILES string of the molecule is O=C(O)C1CCCC(C(=O)NCC2CCCCO2)C1. The van der Waals surface area contributed by atoms with Crippen LogP contribution in [0.25, 0.3) is 0 Å². The Balaban J connectivity index is 1.74. The molecule has 2 aliphatic rings. The average Bonchev–Trinajstić information content (AvgIpc) is 2.46. The smallest absolute Gasteiger partial charge is 0.306 e. The Morgan fingerprint density at radius 3 is 2.58 bits per heavy atom. The van der Waals surface area contributed by atoms with Crippen LogP contribution in [0.3, 0.4) is 0 Å². The predicted molar refractivity (Wildman–Crippen MR) is 69.7 cm³/mol. The minimum Gasteiger partial charge on any atom is -0.481 e. The fourth-order valence-electron chi connectivity index (χ4n) is 2.98. The van der Waals surface area contributed by atoms with Gasteiger partial charge in [0.05, 0.1) is 12.0 Å². The molecule has 0 spiro atoms. The van der Waals surface area contributed by atoms with Crippen molar-refractivity contribution in [1.82, 2.24) is 5.32 Å². The normalized spacial score (nSPS) is 31.7. The van der Waals surface area contributed by atoms with E-state index in [1.54, 1.807) is 0 Å². The molecular formula is C14H23NO4. The van der Waals surface area contributed by atoms with Gasteiger partial charge in [-0.3, -0.25) is 9.59 Å². The van der Waals surface area contributed by atoms with Gasteiger partial charge in [-0.1, -0.05) is 6.42 Å². The lowest BCUT2D eigenvalue weighted by Crippen LogP contribution is -2.40. The van der Waals surface area contributed by atoms with Crippen LogP contribution in [-0.2, 0) is 14.3 Å². The van der Waals surface area contributed by atoms with E-state index in [0.717, 1.165) is 38.7 Å². The first-order valence-electron chi connectivity index (χ1n) is 7.29. The Morgan fingerprint density at radius 2 is 1.89 bits per heavy atom. The van der Waals surface area contributed by atoms with E-state index in [1.807, 2.05) is 0 Å². The summed E-state index contributed by atoms with van der Waals surface area (Å²) in [5.74, 6) is -1.26. The second-order valence-electron chi connectivity index (χ2n) is 5.63. The Kier molecular flexibility index (Phi) is 5.19. The Labute approximate surface area is 113 Å². The molecular weight excluding hydrogens is 246 g/mol. The van der Waals surface area contributed by atoms with Gasteiger partial charge in [-0.05, 0) is 38.5 Å². The van der Waals surface area contributed by atoms with Crippen molar-refractivity contribution < 1.29 is 19.4 Å². The number of ether oxygens (including phenoxy) is 1. The number of carbonyl (C=O) groups is 2. The van der Waals surface area contributed by atoms with Crippen LogP contribution >= 0.6 is 0 Å². The molecule has 1 aliphatic carbocycles. The highest BCUT2D eigenvalue weighted by Crippen LogP contribution is 2.29. The number of nitrogens with one attached hydrogen (secondary N) is 1. The number of carboxylic acid groups (broad SMARTS) is 1. The number of carbonyl (C=O) groups excluding carboxylic acids is 1. The summed E-state index contributed by atoms with van der Waals surface area (Å²) in [6, 6.07) is 0. The molecule has 3 unspecified atom stereocenters. The molecule has 3 atom stereocenters. The number of carboxylic acids is 1. The summed E-state index contributed by atoms with van der Waals surface area (Å²) in [4.78, 5) is 23.0. The van der Waals surface area contributed by atoms with E-state index in [1.165, 1.54) is 0 Å². The molecule has 5 nitrogen and oxygen atoms in total. The van der Waals surface area contributed by atoms with Crippen LogP contribution in [0.5, 0.6) is 0 Å². The van der Waals surface area contributed by atoms with Crippen molar-refractivity contribution in [2.75, 3.05) is 13.2 Å². The summed E-state index contributed by atoms with van der Waals surface area (Å²) in [5.41, 5.74) is 0. The highest BCUT2D eigenvalue weighted by molar-refractivity contribution is 5.80. The molecule has 0 bridgehead atoms. The van der Waals surface area contributed by atoms with Crippen LogP contribution in [-0.4, -0.2) is 36.2 Å². The molecule has 1 heterocycles. The fourth-order valence-corrected chi connectivity index (χ4v) is 2.98. The first-order chi connectivity index (χ1) is 9.16. The lowest BCUT2D eigenvalue weighted by atomic mass is 9.81. The van der Waals surface area contributed by atoms with Crippen LogP contribution in [0.2, 0.25) is 0 Å². The zero-order chi connectivity index (χ0) is 13.7. The Bertz CT molecular complexity index is 325. The maximum Gasteiger partial charge on any atom is 0.306 e. The van der Waals surface area contributed by atoms with Gasteiger partial charge in [0.1, 0.15) is 0 Å². The standard InChI is InChI=1S/C14H23NO4/c16-13(15-9-12-6-1-2-7-19-12)10-4-3-5-11(8-10)14(17)18/h10-12H,1-9H2,(H,15,16)(H,17,18). The molecule has 1 saturated heterocycles. The van der Waals surface area contributed by atoms with E-state index in [4.69, 9.17) is 9.84 Å². The van der Waals surface area contributed by atoms with Crippen LogP contribution in [0.4, 0.5) is 0 Å². The van der Waals surface area contributed by atoms with Gasteiger partial charge in [0.25, 0.3) is 0 Å². The van der Waals surface area contributed by atoms with E-state index in [-0.39, 0.29) is 23.8 Å². The Hall–Kier alpha value is -1.10. The van der Waals surface area contributed by atoms with E-state index in [9.17, 15) is 9.59 Å². The lowest BCUT2D eigenvalue weighted by molar-refractivity contribution is -0.144. The number of amides is 1. The quantitative estimate of drug-likeness (QED) is 0.812. The van der Waals surface area contributed by atoms with Crippen LogP contribution in [0.15, 0.2) is 0 Å². The second kappa shape index (κ2) is 6.89. The highest BCUT2D eigenvalue weighted by Gasteiger charge is 2.31. The molecule has 1 amide bonds. The van der Waals surface area contributed by atoms with E-state index in [2.05, 4.69) is 5.32 Å². The Morgan fingerprint density at radius 1 is 1.11 bits per heavy atom. The molecule has 19 heavy (non-hydrogen) atoms. The summed E-state index contributed by atoms with van der Waals surface area (Å²) in [5, 5.41) is 11.9. The molecule has 1 saturated carbocycles. The molecule has 0 aromatic rings. The summed E-state index contributed by atoms with van der Waals surface area (Å²) in [6.45, 7) is 1.35. The molecule has 2 rings (SSSR count). The monoisotopic (exact) mass is 269 g/mol. The van der Waals surface area contributed by atoms with Gasteiger partial charge in [0, 0.05) is 19.1 Å². The third-order valence-electron chi connectivity index (χ3n) is 4.17. The first-order valence-corrected chi connectivity index (χ1v) is 7.29. The van der Waals surface area contributed by atoms with Gasteiger partial charge in [-0.2, -0.15) is 0 Å². The molecule has 5 heteroatoms. The molecule has 2 N–H and O–H groups in total. The fraction of sp³-hybridized carbons (Fsp3) is 0.857. The zero-order valence-electron chi connectivity index (χ0n) is 11.3. The van der Waals surface area contributed by atoms with Crippen molar-refractivity contribution in [2.45, 2.75) is 51.0 Å². The zero-order valence-corrected chi connectivity index (χ0v) is 11.3. The van der Waals surface area contributed by atoms with Gasteiger partial charge in [0.2, 0.25) is 5.91 Å². The summed E-state index contributed by atoms with van der Waals surface area (Å²) < 4.78 is 5.57. The minimum absolute atomic E-state index is 0.000114. The number of hydrogen-bond acceptors (Lipinski definition) is 3. The van der Waals surface area contributed by atoms with Crippen LogP contribution in [0.1, 0.15) is 44.9 Å². The third kappa shape index (κ3) is 4.20. The van der Waals surface area contributed by atoms with Crippen molar-refractivity contribution >= 4 is 11.9 Å². The first kappa shape index (κ1) is 14.3. The van der Waals surface area contributed by atoms with Gasteiger partial charge in [-0.25, -0.2) is 0 Å². The molecule has 0 radical (unpaired) electrons. The third-order valence-corrected chi connectivity index (χ3v) is 4.17. The summed E-state index contributed by atoms with van der Waals surface area (Å²) in [6.07, 6.45) is 6.21. The highest BCUT2D eigenvalue weighted by atomic mass is 16.5. The maximum absolute atomic E-state index is 12.0. The molecule has 1 aliphatic heterocycles. The van der Waals surface area contributed by atoms with E-state index < -0.39 is 5.97 Å². The van der Waals surface area contributed by atoms with Crippen molar-refractivity contribution in [2.24, 2.45) is 11.8 Å². The predicted octanol–water partition coefficient (Wildman–Crippen LogP) is 1.56. The van der Waals surface area contributed by atoms with Crippen LogP contribution in [0, 0.1) is 11.8 Å². The summed E-state index contributed by atoms with van der Waals surface area (Å²) in [7, 11) is 0. The van der Waals surface area contributed by atoms with Gasteiger partial charge in [0.15, 0.2) is 0 Å². The summed E-state index contributed by atoms with van der Waals surface area (Å²) >= 11 is 0. The maximum atomic E-state index is 12.0. The van der Waals surface area contributed by atoms with Gasteiger partial charge < -0.3 is 15.2 Å². The lowest BCUT2D eigenvalue weighted by Gasteiger charge is -2.27. The molecule has 0 aromatic carbocycles. The second-order valence-corrected chi connectivity index (χ2v) is 5.63. The largest absolute Gasteiger partial charge is 0.481 e. The van der Waals surface area contributed by atoms with E-state index >= 15 is 0 Å². The van der Waals surface area contributed by atoms with Crippen molar-refractivity contribution in [3.05, 3.63) is 0 Å². The van der Waals surface area contributed by atoms with Gasteiger partial charge in [-0.15, -0.1) is 0 Å². The topological polar surface area (TPSA) is 75.6 Å². The van der Waals surface area contributed by atoms with Crippen molar-refractivity contribution in [3.63, 3.8) is 0 Å². The molecule has 108 valence electrons.